The van der Waals surface area contributed by atoms with Gasteiger partial charge in [-0.25, -0.2) is 0 Å². The first-order valence-corrected chi connectivity index (χ1v) is 8.98. The normalized spacial score (nSPS) is 16.4. The number of amides is 1. The summed E-state index contributed by atoms with van der Waals surface area (Å²) in [7, 11) is 1.91. The molecule has 4 rings (SSSR count). The number of aromatic nitrogens is 3. The second kappa shape index (κ2) is 6.75. The van der Waals surface area contributed by atoms with E-state index in [4.69, 9.17) is 0 Å². The lowest BCUT2D eigenvalue weighted by Gasteiger charge is -2.32. The van der Waals surface area contributed by atoms with E-state index in [1.165, 1.54) is 5.56 Å². The fourth-order valence-corrected chi connectivity index (χ4v) is 3.59. The zero-order valence-electron chi connectivity index (χ0n) is 15.1. The smallest absolute Gasteiger partial charge is 0.234 e. The van der Waals surface area contributed by atoms with Crippen molar-refractivity contribution in [3.05, 3.63) is 66.0 Å². The van der Waals surface area contributed by atoms with Crippen LogP contribution >= 0.6 is 0 Å². The van der Waals surface area contributed by atoms with Crippen LogP contribution in [0.15, 0.2) is 54.6 Å². The van der Waals surface area contributed by atoms with Crippen molar-refractivity contribution in [2.45, 2.75) is 25.7 Å². The Hall–Kier alpha value is -2.95. The molecule has 0 fully saturated rings. The standard InChI is InChI=1S/C21H22N4O/c1-15-12-13-25(18-11-7-6-10-17(15)18)20(26)14-19-22-23-21(24(19)2)16-8-4-3-5-9-16/h3-11,15H,12-14H2,1-2H3. The number of hydrogen-bond acceptors (Lipinski definition) is 3. The number of carbonyl (C=O) groups excluding carboxylic acids is 1. The predicted molar refractivity (Wildman–Crippen MR) is 102 cm³/mol. The number of rotatable bonds is 3. The van der Waals surface area contributed by atoms with Gasteiger partial charge in [0.1, 0.15) is 5.82 Å². The number of fused-ring (bicyclic) bond motifs is 1. The number of hydrogen-bond donors (Lipinski definition) is 0. The van der Waals surface area contributed by atoms with Gasteiger partial charge >= 0.3 is 0 Å². The number of carbonyl (C=O) groups is 1. The zero-order valence-corrected chi connectivity index (χ0v) is 15.1. The van der Waals surface area contributed by atoms with Crippen LogP contribution in [-0.4, -0.2) is 27.2 Å². The molecule has 2 heterocycles. The summed E-state index contributed by atoms with van der Waals surface area (Å²) < 4.78 is 1.91. The van der Waals surface area contributed by atoms with Crippen molar-refractivity contribution in [1.29, 1.82) is 0 Å². The van der Waals surface area contributed by atoms with Crippen LogP contribution in [0, 0.1) is 0 Å². The van der Waals surface area contributed by atoms with Gasteiger partial charge in [-0.1, -0.05) is 55.5 Å². The molecule has 1 aliphatic heterocycles. The van der Waals surface area contributed by atoms with Crippen molar-refractivity contribution in [1.82, 2.24) is 14.8 Å². The highest BCUT2D eigenvalue weighted by Crippen LogP contribution is 2.35. The monoisotopic (exact) mass is 346 g/mol. The van der Waals surface area contributed by atoms with Crippen molar-refractivity contribution in [3.63, 3.8) is 0 Å². The van der Waals surface area contributed by atoms with E-state index in [-0.39, 0.29) is 12.3 Å². The van der Waals surface area contributed by atoms with Crippen LogP contribution in [0.25, 0.3) is 11.4 Å². The molecule has 1 aromatic heterocycles. The van der Waals surface area contributed by atoms with Crippen molar-refractivity contribution >= 4 is 11.6 Å². The highest BCUT2D eigenvalue weighted by atomic mass is 16.2. The van der Waals surface area contributed by atoms with Crippen molar-refractivity contribution < 1.29 is 4.79 Å². The summed E-state index contributed by atoms with van der Waals surface area (Å²) in [6.07, 6.45) is 1.23. The van der Waals surface area contributed by atoms with Crippen molar-refractivity contribution in [2.24, 2.45) is 7.05 Å². The molecule has 5 nitrogen and oxygen atoms in total. The van der Waals surface area contributed by atoms with Gasteiger partial charge in [-0.3, -0.25) is 4.79 Å². The van der Waals surface area contributed by atoms with Gasteiger partial charge in [-0.15, -0.1) is 10.2 Å². The molecule has 0 aliphatic carbocycles. The third-order valence-corrected chi connectivity index (χ3v) is 5.15. The van der Waals surface area contributed by atoms with E-state index in [1.807, 2.05) is 65.0 Å². The van der Waals surface area contributed by atoms with E-state index >= 15 is 0 Å². The maximum Gasteiger partial charge on any atom is 0.234 e. The van der Waals surface area contributed by atoms with Gasteiger partial charge in [-0.05, 0) is 24.0 Å². The summed E-state index contributed by atoms with van der Waals surface area (Å²) in [4.78, 5) is 14.9. The molecule has 0 saturated heterocycles. The maximum atomic E-state index is 13.0. The molecule has 132 valence electrons. The second-order valence-electron chi connectivity index (χ2n) is 6.84. The Labute approximate surface area is 153 Å². The van der Waals surface area contributed by atoms with Crippen molar-refractivity contribution in [3.8, 4) is 11.4 Å². The molecule has 0 N–H and O–H groups in total. The van der Waals surface area contributed by atoms with Gasteiger partial charge in [-0.2, -0.15) is 0 Å². The molecule has 1 amide bonds. The molecule has 1 atom stereocenters. The Kier molecular flexibility index (Phi) is 4.29. The Balaban J connectivity index is 1.58. The number of anilines is 1. The fraction of sp³-hybridized carbons (Fsp3) is 0.286. The molecular weight excluding hydrogens is 324 g/mol. The Morgan fingerprint density at radius 1 is 1.08 bits per heavy atom. The van der Waals surface area contributed by atoms with Crippen LogP contribution in [0.4, 0.5) is 5.69 Å². The third kappa shape index (κ3) is 2.90. The molecule has 3 aromatic rings. The Morgan fingerprint density at radius 2 is 1.81 bits per heavy atom. The molecule has 0 saturated carbocycles. The summed E-state index contributed by atoms with van der Waals surface area (Å²) >= 11 is 0. The average molecular weight is 346 g/mol. The molecule has 26 heavy (non-hydrogen) atoms. The molecule has 0 spiro atoms. The lowest BCUT2D eigenvalue weighted by Crippen LogP contribution is -2.37. The molecule has 0 bridgehead atoms. The topological polar surface area (TPSA) is 51.0 Å². The highest BCUT2D eigenvalue weighted by Gasteiger charge is 2.27. The summed E-state index contributed by atoms with van der Waals surface area (Å²) in [5.74, 6) is 2.01. The van der Waals surface area contributed by atoms with E-state index in [0.29, 0.717) is 11.7 Å². The van der Waals surface area contributed by atoms with Crippen LogP contribution in [0.3, 0.4) is 0 Å². The van der Waals surface area contributed by atoms with E-state index in [0.717, 1.165) is 30.0 Å². The van der Waals surface area contributed by atoms with Crippen LogP contribution in [0.1, 0.15) is 30.7 Å². The van der Waals surface area contributed by atoms with E-state index < -0.39 is 0 Å². The first-order chi connectivity index (χ1) is 12.6. The summed E-state index contributed by atoms with van der Waals surface area (Å²) in [6, 6.07) is 18.1. The summed E-state index contributed by atoms with van der Waals surface area (Å²) in [5.41, 5.74) is 3.27. The highest BCUT2D eigenvalue weighted by molar-refractivity contribution is 5.95. The quantitative estimate of drug-likeness (QED) is 0.728. The molecule has 2 aromatic carbocycles. The Bertz CT molecular complexity index is 932. The van der Waals surface area contributed by atoms with Gasteiger partial charge in [0, 0.05) is 24.8 Å². The lowest BCUT2D eigenvalue weighted by molar-refractivity contribution is -0.118. The predicted octanol–water partition coefficient (Wildman–Crippen LogP) is 3.57. The number of para-hydroxylation sites is 1. The minimum Gasteiger partial charge on any atom is -0.314 e. The van der Waals surface area contributed by atoms with Gasteiger partial charge in [0.2, 0.25) is 5.91 Å². The summed E-state index contributed by atoms with van der Waals surface area (Å²) in [6.45, 7) is 2.97. The molecule has 1 aliphatic rings. The number of benzene rings is 2. The first kappa shape index (κ1) is 16.5. The zero-order chi connectivity index (χ0) is 18.1. The van der Waals surface area contributed by atoms with Gasteiger partial charge in [0.05, 0.1) is 6.42 Å². The Morgan fingerprint density at radius 3 is 2.62 bits per heavy atom. The lowest BCUT2D eigenvalue weighted by atomic mass is 9.91. The molecular formula is C21H22N4O. The summed E-state index contributed by atoms with van der Waals surface area (Å²) in [5, 5.41) is 8.55. The first-order valence-electron chi connectivity index (χ1n) is 8.98. The third-order valence-electron chi connectivity index (χ3n) is 5.15. The van der Waals surface area contributed by atoms with Crippen LogP contribution in [0.5, 0.6) is 0 Å². The van der Waals surface area contributed by atoms with E-state index in [9.17, 15) is 4.79 Å². The molecule has 1 unspecified atom stereocenters. The molecule has 5 heteroatoms. The number of nitrogens with zero attached hydrogens (tertiary/aromatic N) is 4. The maximum absolute atomic E-state index is 13.0. The minimum absolute atomic E-state index is 0.0689. The average Bonchev–Trinajstić information content (AvgIpc) is 3.03. The van der Waals surface area contributed by atoms with Crippen molar-refractivity contribution in [2.75, 3.05) is 11.4 Å². The minimum atomic E-state index is 0.0689. The SMILES string of the molecule is CC1CCN(C(=O)Cc2nnc(-c3ccccc3)n2C)c2ccccc21. The van der Waals surface area contributed by atoms with Gasteiger partial charge < -0.3 is 9.47 Å². The van der Waals surface area contributed by atoms with Gasteiger partial charge in [0.15, 0.2) is 5.82 Å². The molecule has 0 radical (unpaired) electrons. The van der Waals surface area contributed by atoms with Crippen LogP contribution in [-0.2, 0) is 18.3 Å². The van der Waals surface area contributed by atoms with E-state index in [1.54, 1.807) is 0 Å². The fourth-order valence-electron chi connectivity index (χ4n) is 3.59. The largest absolute Gasteiger partial charge is 0.314 e. The van der Waals surface area contributed by atoms with Crippen LogP contribution < -0.4 is 4.90 Å². The van der Waals surface area contributed by atoms with Crippen LogP contribution in [0.2, 0.25) is 0 Å². The van der Waals surface area contributed by atoms with Gasteiger partial charge in [0.25, 0.3) is 0 Å². The van der Waals surface area contributed by atoms with E-state index in [2.05, 4.69) is 23.2 Å². The second-order valence-corrected chi connectivity index (χ2v) is 6.84.